The van der Waals surface area contributed by atoms with E-state index in [0.717, 1.165) is 22.3 Å². The minimum absolute atomic E-state index is 0.0999. The molecule has 2 heterocycles. The van der Waals surface area contributed by atoms with Crippen molar-refractivity contribution < 1.29 is 19.1 Å². The quantitative estimate of drug-likeness (QED) is 0.383. The van der Waals surface area contributed by atoms with Gasteiger partial charge in [0.15, 0.2) is 5.43 Å². The van der Waals surface area contributed by atoms with E-state index in [0.29, 0.717) is 40.9 Å². The molecule has 1 aromatic heterocycles. The number of rotatable bonds is 5. The Bertz CT molecular complexity index is 1550. The molecule has 0 spiro atoms. The first kappa shape index (κ1) is 22.4. The maximum Gasteiger partial charge on any atom is 0.337 e. The topological polar surface area (TPSA) is 109 Å². The molecule has 35 heavy (non-hydrogen) atoms. The van der Waals surface area contributed by atoms with E-state index >= 15 is 0 Å². The molecule has 3 N–H and O–H groups in total. The van der Waals surface area contributed by atoms with E-state index in [1.54, 1.807) is 42.5 Å². The van der Waals surface area contributed by atoms with Gasteiger partial charge in [0.05, 0.1) is 17.0 Å². The molecule has 0 aliphatic carbocycles. The third kappa shape index (κ3) is 4.17. The lowest BCUT2D eigenvalue weighted by Crippen LogP contribution is -2.31. The van der Waals surface area contributed by atoms with Crippen LogP contribution in [0.2, 0.25) is 0 Å². The van der Waals surface area contributed by atoms with Crippen LogP contribution in [0.4, 0.5) is 5.69 Å². The Morgan fingerprint density at radius 2 is 1.89 bits per heavy atom. The molecule has 0 radical (unpaired) electrons. The van der Waals surface area contributed by atoms with Gasteiger partial charge in [0.2, 0.25) is 0 Å². The number of aryl methyl sites for hydroxylation is 1. The van der Waals surface area contributed by atoms with Crippen LogP contribution in [-0.4, -0.2) is 23.5 Å². The number of benzene rings is 3. The highest BCUT2D eigenvalue weighted by Crippen LogP contribution is 2.32. The molecule has 3 aromatic carbocycles. The van der Waals surface area contributed by atoms with E-state index < -0.39 is 5.97 Å². The molecular formula is C28H24N2O5. The summed E-state index contributed by atoms with van der Waals surface area (Å²) in [6, 6.07) is 17.0. The maximum atomic E-state index is 13.1. The van der Waals surface area contributed by atoms with E-state index in [9.17, 15) is 19.5 Å². The molecule has 1 aliphatic heterocycles. The minimum atomic E-state index is -1.02. The predicted molar refractivity (Wildman–Crippen MR) is 134 cm³/mol. The van der Waals surface area contributed by atoms with Crippen LogP contribution in [0.1, 0.15) is 50.4 Å². The van der Waals surface area contributed by atoms with Crippen LogP contribution < -0.4 is 16.1 Å². The van der Waals surface area contributed by atoms with Gasteiger partial charge in [0.1, 0.15) is 11.3 Å². The Labute approximate surface area is 201 Å². The number of carbonyl (C=O) groups excluding carboxylic acids is 1. The second kappa shape index (κ2) is 8.76. The number of nitrogens with one attached hydrogen (secondary N) is 2. The molecule has 1 aliphatic rings. The van der Waals surface area contributed by atoms with Crippen molar-refractivity contribution in [2.24, 2.45) is 0 Å². The van der Waals surface area contributed by atoms with Gasteiger partial charge in [0, 0.05) is 35.0 Å². The van der Waals surface area contributed by atoms with Crippen LogP contribution in [0, 0.1) is 6.92 Å². The summed E-state index contributed by atoms with van der Waals surface area (Å²) in [7, 11) is 0. The lowest BCUT2D eigenvalue weighted by molar-refractivity contribution is 0.0697. The molecule has 7 heteroatoms. The van der Waals surface area contributed by atoms with Gasteiger partial charge >= 0.3 is 5.97 Å². The summed E-state index contributed by atoms with van der Waals surface area (Å²) < 4.78 is 6.31. The van der Waals surface area contributed by atoms with Gasteiger partial charge in [-0.1, -0.05) is 24.3 Å². The zero-order valence-electron chi connectivity index (χ0n) is 19.3. The van der Waals surface area contributed by atoms with Gasteiger partial charge in [-0.15, -0.1) is 0 Å². The number of carbonyl (C=O) groups is 2. The van der Waals surface area contributed by atoms with Crippen molar-refractivity contribution in [1.82, 2.24) is 5.32 Å². The SMILES string of the molecule is Cc1cc(C(C)Nc2ccccc2C(=O)O)c2oc(-c3ccc4c(c3)CCNC4=O)cc(=O)c2c1. The number of fused-ring (bicyclic) bond motifs is 2. The molecule has 0 bridgehead atoms. The first-order valence-electron chi connectivity index (χ1n) is 11.4. The molecule has 0 saturated carbocycles. The number of carboxylic acids is 1. The van der Waals surface area contributed by atoms with E-state index in [2.05, 4.69) is 10.6 Å². The van der Waals surface area contributed by atoms with Crippen LogP contribution in [0.5, 0.6) is 0 Å². The lowest BCUT2D eigenvalue weighted by atomic mass is 9.96. The molecular weight excluding hydrogens is 444 g/mol. The smallest absolute Gasteiger partial charge is 0.337 e. The Morgan fingerprint density at radius 3 is 2.69 bits per heavy atom. The monoisotopic (exact) mass is 468 g/mol. The average Bonchev–Trinajstić information content (AvgIpc) is 2.84. The van der Waals surface area contributed by atoms with E-state index in [-0.39, 0.29) is 22.9 Å². The zero-order chi connectivity index (χ0) is 24.7. The number of anilines is 1. The summed E-state index contributed by atoms with van der Waals surface area (Å²) in [5.41, 5.74) is 4.84. The first-order valence-corrected chi connectivity index (χ1v) is 11.4. The lowest BCUT2D eigenvalue weighted by Gasteiger charge is -2.20. The number of hydrogen-bond donors (Lipinski definition) is 3. The number of hydrogen-bond acceptors (Lipinski definition) is 5. The molecule has 1 amide bonds. The van der Waals surface area contributed by atoms with Crippen LogP contribution in [0.15, 0.2) is 69.9 Å². The summed E-state index contributed by atoms with van der Waals surface area (Å²) in [5, 5.41) is 16.1. The Morgan fingerprint density at radius 1 is 1.09 bits per heavy atom. The van der Waals surface area contributed by atoms with Gasteiger partial charge in [-0.05, 0) is 61.7 Å². The predicted octanol–water partition coefficient (Wildman–Crippen LogP) is 4.93. The van der Waals surface area contributed by atoms with Crippen molar-refractivity contribution >= 4 is 28.5 Å². The van der Waals surface area contributed by atoms with Crippen LogP contribution in [0.3, 0.4) is 0 Å². The van der Waals surface area contributed by atoms with Gasteiger partial charge in [-0.25, -0.2) is 4.79 Å². The van der Waals surface area contributed by atoms with Gasteiger partial charge < -0.3 is 20.2 Å². The molecule has 1 atom stereocenters. The average molecular weight is 469 g/mol. The fourth-order valence-corrected chi connectivity index (χ4v) is 4.59. The highest BCUT2D eigenvalue weighted by Gasteiger charge is 2.20. The molecule has 1 unspecified atom stereocenters. The van der Waals surface area contributed by atoms with E-state index in [4.69, 9.17) is 4.42 Å². The Kier molecular flexibility index (Phi) is 5.61. The Hall–Kier alpha value is -4.39. The second-order valence-corrected chi connectivity index (χ2v) is 8.80. The summed E-state index contributed by atoms with van der Waals surface area (Å²) in [4.78, 5) is 36.9. The van der Waals surface area contributed by atoms with Crippen molar-refractivity contribution in [2.45, 2.75) is 26.3 Å². The van der Waals surface area contributed by atoms with E-state index in [1.165, 1.54) is 6.07 Å². The maximum absolute atomic E-state index is 13.1. The number of amides is 1. The van der Waals surface area contributed by atoms with Gasteiger partial charge in [0.25, 0.3) is 5.91 Å². The summed E-state index contributed by atoms with van der Waals surface area (Å²) in [6.07, 6.45) is 0.709. The molecule has 4 aromatic rings. The number of para-hydroxylation sites is 1. The van der Waals surface area contributed by atoms with Crippen molar-refractivity contribution in [3.05, 3.63) is 98.7 Å². The van der Waals surface area contributed by atoms with Crippen molar-refractivity contribution in [2.75, 3.05) is 11.9 Å². The molecule has 5 rings (SSSR count). The Balaban J connectivity index is 1.61. The second-order valence-electron chi connectivity index (χ2n) is 8.80. The van der Waals surface area contributed by atoms with E-state index in [1.807, 2.05) is 26.0 Å². The fraction of sp³-hybridized carbons (Fsp3) is 0.179. The summed E-state index contributed by atoms with van der Waals surface area (Å²) in [6.45, 7) is 4.38. The number of carboxylic acid groups (broad SMARTS) is 1. The molecule has 7 nitrogen and oxygen atoms in total. The first-order chi connectivity index (χ1) is 16.8. The highest BCUT2D eigenvalue weighted by molar-refractivity contribution is 5.97. The van der Waals surface area contributed by atoms with Crippen LogP contribution >= 0.6 is 0 Å². The van der Waals surface area contributed by atoms with Crippen molar-refractivity contribution in [3.63, 3.8) is 0 Å². The molecule has 0 saturated heterocycles. The zero-order valence-corrected chi connectivity index (χ0v) is 19.3. The van der Waals surface area contributed by atoms with Crippen molar-refractivity contribution in [1.29, 1.82) is 0 Å². The fourth-order valence-electron chi connectivity index (χ4n) is 4.59. The summed E-state index contributed by atoms with van der Waals surface area (Å²) >= 11 is 0. The minimum Gasteiger partial charge on any atom is -0.478 e. The molecule has 0 fully saturated rings. The standard InChI is InChI=1S/C28H24N2O5/c1-15-11-21(16(2)30-23-6-4-3-5-20(23)28(33)34)26-22(12-15)24(31)14-25(35-26)18-7-8-19-17(13-18)9-10-29-27(19)32/h3-8,11-14,16,30H,9-10H2,1-2H3,(H,29,32)(H,33,34). The molecule has 176 valence electrons. The normalized spacial score (nSPS) is 13.7. The summed E-state index contributed by atoms with van der Waals surface area (Å²) in [5.74, 6) is -0.708. The third-order valence-electron chi connectivity index (χ3n) is 6.31. The number of aromatic carboxylic acids is 1. The van der Waals surface area contributed by atoms with Crippen molar-refractivity contribution in [3.8, 4) is 11.3 Å². The largest absolute Gasteiger partial charge is 0.478 e. The third-order valence-corrected chi connectivity index (χ3v) is 6.31. The van der Waals surface area contributed by atoms with Crippen LogP contribution in [0.25, 0.3) is 22.3 Å². The highest BCUT2D eigenvalue weighted by atomic mass is 16.4. The van der Waals surface area contributed by atoms with Gasteiger partial charge in [-0.3, -0.25) is 9.59 Å². The van der Waals surface area contributed by atoms with Gasteiger partial charge in [-0.2, -0.15) is 0 Å². The van der Waals surface area contributed by atoms with Crippen LogP contribution in [-0.2, 0) is 6.42 Å².